The summed E-state index contributed by atoms with van der Waals surface area (Å²) in [6, 6.07) is 7.17. The number of rotatable bonds is 7. The standard InChI is InChI=1S/C12H17NO2.C8H16O/c1-2-3-9-4-6-10(7-5-9)8-11(13)12(14)15;1-3-7-5-6-9-8(7)4-2/h4-7,11H,2-3,8,13H2,1H3,(H,14,15);7-8H,3-6H2,1-2H3. The Morgan fingerprint density at radius 1 is 1.21 bits per heavy atom. The third-order valence-corrected chi connectivity index (χ3v) is 4.61. The number of aryl methyl sites for hydroxylation is 1. The van der Waals surface area contributed by atoms with E-state index in [2.05, 4.69) is 20.8 Å². The van der Waals surface area contributed by atoms with Crippen LogP contribution >= 0.6 is 0 Å². The molecule has 0 bridgehead atoms. The van der Waals surface area contributed by atoms with Gasteiger partial charge in [0, 0.05) is 6.61 Å². The second-order valence-electron chi connectivity index (χ2n) is 6.49. The molecule has 136 valence electrons. The quantitative estimate of drug-likeness (QED) is 0.795. The molecule has 1 fully saturated rings. The van der Waals surface area contributed by atoms with Crippen LogP contribution in [0, 0.1) is 5.92 Å². The fourth-order valence-electron chi connectivity index (χ4n) is 3.08. The highest BCUT2D eigenvalue weighted by Gasteiger charge is 2.24. The fraction of sp³-hybridized carbons (Fsp3) is 0.650. The highest BCUT2D eigenvalue weighted by Crippen LogP contribution is 2.25. The zero-order valence-corrected chi connectivity index (χ0v) is 15.3. The van der Waals surface area contributed by atoms with Gasteiger partial charge in [0.15, 0.2) is 0 Å². The van der Waals surface area contributed by atoms with Gasteiger partial charge in [0.1, 0.15) is 6.04 Å². The summed E-state index contributed by atoms with van der Waals surface area (Å²) in [5.74, 6) is -0.0948. The van der Waals surface area contributed by atoms with Crippen LogP contribution in [0.4, 0.5) is 0 Å². The summed E-state index contributed by atoms with van der Waals surface area (Å²) in [5, 5.41) is 8.66. The highest BCUT2D eigenvalue weighted by atomic mass is 16.5. The maximum atomic E-state index is 10.5. The van der Waals surface area contributed by atoms with Gasteiger partial charge in [-0.15, -0.1) is 0 Å². The number of ether oxygens (including phenoxy) is 1. The van der Waals surface area contributed by atoms with Gasteiger partial charge in [-0.25, -0.2) is 0 Å². The molecule has 1 aromatic rings. The van der Waals surface area contributed by atoms with Gasteiger partial charge in [-0.3, -0.25) is 4.79 Å². The van der Waals surface area contributed by atoms with Crippen LogP contribution in [0.3, 0.4) is 0 Å². The predicted molar refractivity (Wildman–Crippen MR) is 98.2 cm³/mol. The number of carboxylic acids is 1. The molecule has 3 atom stereocenters. The first kappa shape index (κ1) is 20.7. The Balaban J connectivity index is 0.000000272. The Hall–Kier alpha value is -1.39. The average Bonchev–Trinajstić information content (AvgIpc) is 3.05. The van der Waals surface area contributed by atoms with Crippen LogP contribution < -0.4 is 5.73 Å². The van der Waals surface area contributed by atoms with Crippen LogP contribution in [-0.2, 0) is 22.4 Å². The first-order chi connectivity index (χ1) is 11.5. The Kier molecular flexibility index (Phi) is 9.65. The van der Waals surface area contributed by atoms with Crippen LogP contribution in [0.25, 0.3) is 0 Å². The molecule has 1 aliphatic heterocycles. The largest absolute Gasteiger partial charge is 0.480 e. The monoisotopic (exact) mass is 335 g/mol. The lowest BCUT2D eigenvalue weighted by Gasteiger charge is -2.13. The van der Waals surface area contributed by atoms with E-state index in [-0.39, 0.29) is 0 Å². The number of nitrogens with two attached hydrogens (primary N) is 1. The zero-order chi connectivity index (χ0) is 17.9. The summed E-state index contributed by atoms with van der Waals surface area (Å²) in [7, 11) is 0. The summed E-state index contributed by atoms with van der Waals surface area (Å²) in [4.78, 5) is 10.5. The minimum absolute atomic E-state index is 0.391. The molecule has 0 radical (unpaired) electrons. The predicted octanol–water partition coefficient (Wildman–Crippen LogP) is 3.81. The van der Waals surface area contributed by atoms with E-state index in [1.165, 1.54) is 24.8 Å². The van der Waals surface area contributed by atoms with Gasteiger partial charge in [0.2, 0.25) is 0 Å². The van der Waals surface area contributed by atoms with Gasteiger partial charge in [0.05, 0.1) is 6.10 Å². The molecular formula is C20H33NO3. The zero-order valence-electron chi connectivity index (χ0n) is 15.3. The molecule has 1 heterocycles. The van der Waals surface area contributed by atoms with Gasteiger partial charge in [-0.2, -0.15) is 0 Å². The third-order valence-electron chi connectivity index (χ3n) is 4.61. The SMILES string of the molecule is CCC1CCOC1CC.CCCc1ccc(CC(N)C(=O)O)cc1. The lowest BCUT2D eigenvalue weighted by atomic mass is 9.97. The molecule has 3 N–H and O–H groups in total. The lowest BCUT2D eigenvalue weighted by Crippen LogP contribution is -2.32. The maximum Gasteiger partial charge on any atom is 0.320 e. The van der Waals surface area contributed by atoms with Crippen molar-refractivity contribution in [1.82, 2.24) is 0 Å². The van der Waals surface area contributed by atoms with Crippen molar-refractivity contribution in [3.63, 3.8) is 0 Å². The van der Waals surface area contributed by atoms with Gasteiger partial charge < -0.3 is 15.6 Å². The van der Waals surface area contributed by atoms with Crippen molar-refractivity contribution in [3.8, 4) is 0 Å². The lowest BCUT2D eigenvalue weighted by molar-refractivity contribution is -0.138. The Labute approximate surface area is 146 Å². The van der Waals surface area contributed by atoms with E-state index in [0.717, 1.165) is 30.9 Å². The minimum Gasteiger partial charge on any atom is -0.480 e. The highest BCUT2D eigenvalue weighted by molar-refractivity contribution is 5.73. The number of carbonyl (C=O) groups is 1. The molecule has 4 heteroatoms. The number of benzene rings is 1. The number of aliphatic carboxylic acids is 1. The van der Waals surface area contributed by atoms with E-state index in [1.807, 2.05) is 24.3 Å². The first-order valence-corrected chi connectivity index (χ1v) is 9.19. The van der Waals surface area contributed by atoms with Crippen molar-refractivity contribution in [2.45, 2.75) is 71.4 Å². The molecule has 1 aliphatic rings. The molecule has 24 heavy (non-hydrogen) atoms. The van der Waals surface area contributed by atoms with Crippen molar-refractivity contribution < 1.29 is 14.6 Å². The molecule has 0 saturated carbocycles. The third kappa shape index (κ3) is 7.02. The number of carboxylic acid groups (broad SMARTS) is 1. The topological polar surface area (TPSA) is 72.5 Å². The Morgan fingerprint density at radius 3 is 2.29 bits per heavy atom. The summed E-state index contributed by atoms with van der Waals surface area (Å²) < 4.78 is 5.51. The van der Waals surface area contributed by atoms with E-state index in [1.54, 1.807) is 0 Å². The molecular weight excluding hydrogens is 302 g/mol. The fourth-order valence-corrected chi connectivity index (χ4v) is 3.08. The molecule has 0 amide bonds. The summed E-state index contributed by atoms with van der Waals surface area (Å²) in [6.07, 6.45) is 6.92. The van der Waals surface area contributed by atoms with Crippen molar-refractivity contribution in [1.29, 1.82) is 0 Å². The van der Waals surface area contributed by atoms with Crippen LogP contribution in [0.2, 0.25) is 0 Å². The summed E-state index contributed by atoms with van der Waals surface area (Å²) >= 11 is 0. The summed E-state index contributed by atoms with van der Waals surface area (Å²) in [5.41, 5.74) is 7.70. The first-order valence-electron chi connectivity index (χ1n) is 9.19. The normalized spacial score (nSPS) is 21.0. The van der Waals surface area contributed by atoms with Crippen molar-refractivity contribution in [3.05, 3.63) is 35.4 Å². The van der Waals surface area contributed by atoms with Crippen molar-refractivity contribution >= 4 is 5.97 Å². The minimum atomic E-state index is -0.951. The van der Waals surface area contributed by atoms with Crippen molar-refractivity contribution in [2.24, 2.45) is 11.7 Å². The van der Waals surface area contributed by atoms with E-state index in [0.29, 0.717) is 12.5 Å². The van der Waals surface area contributed by atoms with Crippen LogP contribution in [0.15, 0.2) is 24.3 Å². The summed E-state index contributed by atoms with van der Waals surface area (Å²) in [6.45, 7) is 7.59. The van der Waals surface area contributed by atoms with Crippen LogP contribution in [0.5, 0.6) is 0 Å². The Bertz CT molecular complexity index is 462. The number of hydrogen-bond donors (Lipinski definition) is 2. The molecule has 0 aliphatic carbocycles. The molecule has 3 unspecified atom stereocenters. The molecule has 2 rings (SSSR count). The molecule has 4 nitrogen and oxygen atoms in total. The molecule has 0 spiro atoms. The number of hydrogen-bond acceptors (Lipinski definition) is 3. The van der Waals surface area contributed by atoms with Crippen LogP contribution in [-0.4, -0.2) is 29.8 Å². The average molecular weight is 335 g/mol. The smallest absolute Gasteiger partial charge is 0.320 e. The maximum absolute atomic E-state index is 10.5. The van der Waals surface area contributed by atoms with Gasteiger partial charge in [0.25, 0.3) is 0 Å². The molecule has 1 saturated heterocycles. The molecule has 0 aromatic heterocycles. The van der Waals surface area contributed by atoms with Crippen molar-refractivity contribution in [2.75, 3.05) is 6.61 Å². The van der Waals surface area contributed by atoms with Gasteiger partial charge >= 0.3 is 5.97 Å². The van der Waals surface area contributed by atoms with E-state index in [9.17, 15) is 4.79 Å². The second-order valence-corrected chi connectivity index (χ2v) is 6.49. The molecule has 1 aromatic carbocycles. The van der Waals surface area contributed by atoms with E-state index in [4.69, 9.17) is 15.6 Å². The van der Waals surface area contributed by atoms with E-state index < -0.39 is 12.0 Å². The van der Waals surface area contributed by atoms with E-state index >= 15 is 0 Å². The van der Waals surface area contributed by atoms with Gasteiger partial charge in [-0.1, -0.05) is 57.9 Å². The second kappa shape index (κ2) is 11.2. The van der Waals surface area contributed by atoms with Gasteiger partial charge in [-0.05, 0) is 42.7 Å². The van der Waals surface area contributed by atoms with Crippen LogP contribution in [0.1, 0.15) is 57.6 Å². The Morgan fingerprint density at radius 2 is 1.83 bits per heavy atom.